The molecule has 0 aromatic heterocycles. The lowest BCUT2D eigenvalue weighted by molar-refractivity contribution is -0.694. The number of esters is 1. The molecule has 0 unspecified atom stereocenters. The summed E-state index contributed by atoms with van der Waals surface area (Å²) in [6.07, 6.45) is 5.24. The summed E-state index contributed by atoms with van der Waals surface area (Å²) in [6.45, 7) is 4.55. The molecule has 140 valence electrons. The molecule has 1 saturated carbocycles. The van der Waals surface area contributed by atoms with Crippen LogP contribution >= 0.6 is 0 Å². The van der Waals surface area contributed by atoms with E-state index in [4.69, 9.17) is 9.47 Å². The normalized spacial score (nSPS) is 16.2. The zero-order chi connectivity index (χ0) is 18.1. The Kier molecular flexibility index (Phi) is 8.19. The minimum atomic E-state index is -0.491. The SMILES string of the molecule is CC(C)C[C@H]([NH2+]Cc1ccc(OCCF)cc1)C(=O)OC1CCCC1. The average molecular weight is 352 g/mol. The molecule has 25 heavy (non-hydrogen) atoms. The fourth-order valence-electron chi connectivity index (χ4n) is 3.21. The maximum absolute atomic E-state index is 12.5. The van der Waals surface area contributed by atoms with Gasteiger partial charge in [-0.15, -0.1) is 0 Å². The Morgan fingerprint density at radius 2 is 1.92 bits per heavy atom. The van der Waals surface area contributed by atoms with Crippen LogP contribution in [0.2, 0.25) is 0 Å². The number of halogens is 1. The highest BCUT2D eigenvalue weighted by Gasteiger charge is 2.28. The Hall–Kier alpha value is -1.62. The monoisotopic (exact) mass is 352 g/mol. The van der Waals surface area contributed by atoms with Crippen LogP contribution in [0, 0.1) is 5.92 Å². The second-order valence-corrected chi connectivity index (χ2v) is 7.20. The molecule has 1 atom stereocenters. The van der Waals surface area contributed by atoms with Crippen LogP contribution in [0.1, 0.15) is 51.5 Å². The van der Waals surface area contributed by atoms with Gasteiger partial charge in [-0.2, -0.15) is 0 Å². The van der Waals surface area contributed by atoms with Gasteiger partial charge in [-0.05, 0) is 55.9 Å². The topological polar surface area (TPSA) is 52.1 Å². The van der Waals surface area contributed by atoms with Crippen molar-refractivity contribution >= 4 is 5.97 Å². The molecule has 0 radical (unpaired) electrons. The van der Waals surface area contributed by atoms with Crippen molar-refractivity contribution < 1.29 is 24.0 Å². The summed E-state index contributed by atoms with van der Waals surface area (Å²) in [6, 6.07) is 7.43. The van der Waals surface area contributed by atoms with Crippen LogP contribution < -0.4 is 10.1 Å². The first-order valence-corrected chi connectivity index (χ1v) is 9.40. The molecule has 0 amide bonds. The zero-order valence-electron chi connectivity index (χ0n) is 15.4. The maximum atomic E-state index is 12.5. The Bertz CT molecular complexity index is 512. The lowest BCUT2D eigenvalue weighted by atomic mass is 10.0. The Labute approximate surface area is 150 Å². The van der Waals surface area contributed by atoms with Crippen LogP contribution in [-0.4, -0.2) is 31.4 Å². The van der Waals surface area contributed by atoms with Crippen molar-refractivity contribution in [3.05, 3.63) is 29.8 Å². The molecule has 1 fully saturated rings. The molecule has 2 rings (SSSR count). The van der Waals surface area contributed by atoms with Crippen molar-refractivity contribution in [2.24, 2.45) is 5.92 Å². The molecule has 0 heterocycles. The molecule has 0 spiro atoms. The van der Waals surface area contributed by atoms with E-state index in [1.54, 1.807) is 0 Å². The fraction of sp³-hybridized carbons (Fsp3) is 0.650. The van der Waals surface area contributed by atoms with Crippen molar-refractivity contribution in [1.29, 1.82) is 0 Å². The number of nitrogens with two attached hydrogens (primary N) is 1. The number of quaternary nitrogens is 1. The lowest BCUT2D eigenvalue weighted by Gasteiger charge is -2.19. The van der Waals surface area contributed by atoms with Crippen LogP contribution in [0.4, 0.5) is 4.39 Å². The molecule has 1 aliphatic carbocycles. The van der Waals surface area contributed by atoms with Crippen LogP contribution in [0.25, 0.3) is 0 Å². The van der Waals surface area contributed by atoms with Crippen LogP contribution in [-0.2, 0) is 16.1 Å². The van der Waals surface area contributed by atoms with Gasteiger partial charge in [0.05, 0.1) is 0 Å². The highest BCUT2D eigenvalue weighted by molar-refractivity contribution is 5.74. The number of hydrogen-bond donors (Lipinski definition) is 1. The summed E-state index contributed by atoms with van der Waals surface area (Å²) in [5.74, 6) is 1.03. The summed E-state index contributed by atoms with van der Waals surface area (Å²) >= 11 is 0. The summed E-state index contributed by atoms with van der Waals surface area (Å²) in [5.41, 5.74) is 1.11. The van der Waals surface area contributed by atoms with Gasteiger partial charge in [-0.3, -0.25) is 0 Å². The molecule has 0 aliphatic heterocycles. The fourth-order valence-corrected chi connectivity index (χ4v) is 3.21. The number of alkyl halides is 1. The maximum Gasteiger partial charge on any atom is 0.365 e. The highest BCUT2D eigenvalue weighted by Crippen LogP contribution is 2.21. The standard InChI is InChI=1S/C20H30FNO3/c1-15(2)13-19(20(23)25-18-5-3-4-6-18)22-14-16-7-9-17(10-8-16)24-12-11-21/h7-10,15,18-19,22H,3-6,11-14H2,1-2H3/p+1/t19-/m0/s1. The van der Waals surface area contributed by atoms with Gasteiger partial charge in [0.25, 0.3) is 0 Å². The van der Waals surface area contributed by atoms with Gasteiger partial charge in [0, 0.05) is 12.0 Å². The van der Waals surface area contributed by atoms with Crippen LogP contribution in [0.3, 0.4) is 0 Å². The van der Waals surface area contributed by atoms with E-state index < -0.39 is 6.67 Å². The molecule has 0 bridgehead atoms. The number of hydrogen-bond acceptors (Lipinski definition) is 3. The van der Waals surface area contributed by atoms with Gasteiger partial charge in [0.2, 0.25) is 0 Å². The third-order valence-corrected chi connectivity index (χ3v) is 4.52. The predicted octanol–water partition coefficient (Wildman–Crippen LogP) is 3.00. The minimum Gasteiger partial charge on any atom is -0.491 e. The van der Waals surface area contributed by atoms with Crippen molar-refractivity contribution in [2.75, 3.05) is 13.3 Å². The summed E-state index contributed by atoms with van der Waals surface area (Å²) in [7, 11) is 0. The summed E-state index contributed by atoms with van der Waals surface area (Å²) in [4.78, 5) is 12.5. The van der Waals surface area contributed by atoms with Crippen molar-refractivity contribution in [3.8, 4) is 5.75 Å². The van der Waals surface area contributed by atoms with E-state index in [9.17, 15) is 9.18 Å². The molecular weight excluding hydrogens is 321 g/mol. The van der Waals surface area contributed by atoms with Gasteiger partial charge in [-0.1, -0.05) is 13.8 Å². The number of carbonyl (C=O) groups excluding carboxylic acids is 1. The highest BCUT2D eigenvalue weighted by atomic mass is 19.1. The Morgan fingerprint density at radius 1 is 1.24 bits per heavy atom. The molecule has 1 aromatic carbocycles. The van der Waals surface area contributed by atoms with E-state index in [1.807, 2.05) is 24.3 Å². The summed E-state index contributed by atoms with van der Waals surface area (Å²) < 4.78 is 23.1. The van der Waals surface area contributed by atoms with E-state index in [2.05, 4.69) is 19.2 Å². The first-order valence-electron chi connectivity index (χ1n) is 9.40. The predicted molar refractivity (Wildman–Crippen MR) is 95.1 cm³/mol. The number of benzene rings is 1. The molecule has 5 heteroatoms. The van der Waals surface area contributed by atoms with Crippen molar-refractivity contribution in [3.63, 3.8) is 0 Å². The first kappa shape index (κ1) is 19.7. The first-order chi connectivity index (χ1) is 12.1. The van der Waals surface area contributed by atoms with E-state index in [-0.39, 0.29) is 24.7 Å². The zero-order valence-corrected chi connectivity index (χ0v) is 15.4. The van der Waals surface area contributed by atoms with Crippen molar-refractivity contribution in [1.82, 2.24) is 0 Å². The van der Waals surface area contributed by atoms with Crippen molar-refractivity contribution in [2.45, 2.75) is 64.6 Å². The number of ether oxygens (including phenoxy) is 2. The third-order valence-electron chi connectivity index (χ3n) is 4.52. The molecule has 2 N–H and O–H groups in total. The quantitative estimate of drug-likeness (QED) is 0.659. The number of rotatable bonds is 10. The van der Waals surface area contributed by atoms with Crippen LogP contribution in [0.5, 0.6) is 5.75 Å². The molecule has 0 saturated heterocycles. The van der Waals surface area contributed by atoms with Gasteiger partial charge < -0.3 is 14.8 Å². The number of carbonyl (C=O) groups is 1. The molecular formula is C20H31FNO3+. The van der Waals surface area contributed by atoms with Gasteiger partial charge in [0.1, 0.15) is 31.7 Å². The largest absolute Gasteiger partial charge is 0.491 e. The van der Waals surface area contributed by atoms with Gasteiger partial charge in [-0.25, -0.2) is 9.18 Å². The van der Waals surface area contributed by atoms with Gasteiger partial charge in [0.15, 0.2) is 6.04 Å². The minimum absolute atomic E-state index is 0.0783. The Balaban J connectivity index is 1.86. The van der Waals surface area contributed by atoms with E-state index in [0.29, 0.717) is 18.2 Å². The molecule has 4 nitrogen and oxygen atoms in total. The molecule has 1 aromatic rings. The second kappa shape index (κ2) is 10.4. The van der Waals surface area contributed by atoms with Crippen LogP contribution in [0.15, 0.2) is 24.3 Å². The lowest BCUT2D eigenvalue weighted by Crippen LogP contribution is -2.90. The third kappa shape index (κ3) is 7.02. The summed E-state index contributed by atoms with van der Waals surface area (Å²) in [5, 5.41) is 2.06. The Morgan fingerprint density at radius 3 is 2.52 bits per heavy atom. The van der Waals surface area contributed by atoms with E-state index in [1.165, 1.54) is 0 Å². The van der Waals surface area contributed by atoms with Gasteiger partial charge >= 0.3 is 5.97 Å². The van der Waals surface area contributed by atoms with E-state index in [0.717, 1.165) is 37.7 Å². The second-order valence-electron chi connectivity index (χ2n) is 7.20. The average Bonchev–Trinajstić information content (AvgIpc) is 3.10. The van der Waals surface area contributed by atoms with E-state index >= 15 is 0 Å². The molecule has 1 aliphatic rings. The smallest absolute Gasteiger partial charge is 0.365 e.